The molecule has 1 saturated heterocycles. The molecule has 168 valence electrons. The van der Waals surface area contributed by atoms with E-state index in [4.69, 9.17) is 17.3 Å². The fourth-order valence-electron chi connectivity index (χ4n) is 4.41. The Morgan fingerprint density at radius 1 is 1.09 bits per heavy atom. The maximum atomic E-state index is 13.4. The van der Waals surface area contributed by atoms with Gasteiger partial charge in [0.15, 0.2) is 0 Å². The van der Waals surface area contributed by atoms with Crippen LogP contribution in [0, 0.1) is 0 Å². The number of nitrogens with zero attached hydrogens (tertiary/aromatic N) is 2. The molecule has 2 heterocycles. The molecule has 9 heteroatoms. The summed E-state index contributed by atoms with van der Waals surface area (Å²) >= 11 is 6.08. The second kappa shape index (κ2) is 8.50. The molecule has 0 saturated carbocycles. The highest BCUT2D eigenvalue weighted by Crippen LogP contribution is 2.39. The lowest BCUT2D eigenvalue weighted by molar-refractivity contribution is -0.138. The molecule has 0 spiro atoms. The molecular formula is C23H21ClF3N3O2. The number of likely N-dealkylation sites (tertiary alicyclic amines) is 1. The third-order valence-electron chi connectivity index (χ3n) is 5.89. The van der Waals surface area contributed by atoms with Crippen LogP contribution in [0.2, 0.25) is 5.02 Å². The van der Waals surface area contributed by atoms with Crippen LogP contribution in [0.1, 0.15) is 40.2 Å². The van der Waals surface area contributed by atoms with Gasteiger partial charge in [0.1, 0.15) is 6.54 Å². The average Bonchev–Trinajstić information content (AvgIpc) is 3.09. The molecule has 1 aliphatic rings. The number of hydrogen-bond acceptors (Lipinski definition) is 2. The minimum atomic E-state index is -4.41. The quantitative estimate of drug-likeness (QED) is 0.602. The van der Waals surface area contributed by atoms with Crippen molar-refractivity contribution in [3.8, 4) is 0 Å². The molecule has 0 radical (unpaired) electrons. The molecule has 2 aromatic carbocycles. The molecule has 0 aliphatic carbocycles. The third-order valence-corrected chi connectivity index (χ3v) is 6.12. The van der Waals surface area contributed by atoms with Crippen LogP contribution in [0.4, 0.5) is 13.2 Å². The molecular weight excluding hydrogens is 443 g/mol. The number of amides is 2. The van der Waals surface area contributed by atoms with Crippen LogP contribution in [-0.2, 0) is 17.5 Å². The van der Waals surface area contributed by atoms with Gasteiger partial charge < -0.3 is 15.2 Å². The molecule has 2 amide bonds. The van der Waals surface area contributed by atoms with Crippen molar-refractivity contribution in [1.82, 2.24) is 9.47 Å². The Balaban J connectivity index is 1.56. The van der Waals surface area contributed by atoms with Gasteiger partial charge in [0.25, 0.3) is 5.91 Å². The number of piperidine rings is 1. The summed E-state index contributed by atoms with van der Waals surface area (Å²) in [5, 5.41) is 1.11. The largest absolute Gasteiger partial charge is 0.416 e. The number of fused-ring (bicyclic) bond motifs is 1. The van der Waals surface area contributed by atoms with Gasteiger partial charge in [-0.05, 0) is 42.5 Å². The molecule has 4 rings (SSSR count). The van der Waals surface area contributed by atoms with Crippen LogP contribution in [0.15, 0.2) is 48.7 Å². The predicted octanol–water partition coefficient (Wildman–Crippen LogP) is 4.82. The van der Waals surface area contributed by atoms with Gasteiger partial charge >= 0.3 is 6.18 Å². The number of primary amides is 1. The molecule has 1 aliphatic heterocycles. The van der Waals surface area contributed by atoms with Crippen molar-refractivity contribution >= 4 is 34.3 Å². The molecule has 1 fully saturated rings. The number of benzene rings is 2. The molecule has 0 atom stereocenters. The topological polar surface area (TPSA) is 68.3 Å². The first-order chi connectivity index (χ1) is 15.1. The molecule has 2 N–H and O–H groups in total. The minimum absolute atomic E-state index is 0.0968. The van der Waals surface area contributed by atoms with Gasteiger partial charge in [0, 0.05) is 29.7 Å². The first-order valence-electron chi connectivity index (χ1n) is 10.2. The number of carbonyl (C=O) groups is 2. The Bertz CT molecular complexity index is 1180. The molecule has 0 unspecified atom stereocenters. The Kier molecular flexibility index (Phi) is 5.90. The Morgan fingerprint density at radius 3 is 2.44 bits per heavy atom. The second-order valence-electron chi connectivity index (χ2n) is 7.95. The molecule has 32 heavy (non-hydrogen) atoms. The lowest BCUT2D eigenvalue weighted by Crippen LogP contribution is -2.38. The SMILES string of the molecule is NC(=O)Cn1cc(C(=O)N2CCC(c3ccccc3C(F)(F)F)CC2)c2ccc(Cl)cc21. The number of hydrogen-bond donors (Lipinski definition) is 1. The van der Waals surface area contributed by atoms with Crippen LogP contribution in [-0.4, -0.2) is 34.4 Å². The summed E-state index contributed by atoms with van der Waals surface area (Å²) in [5.74, 6) is -1.06. The fraction of sp³-hybridized carbons (Fsp3) is 0.304. The van der Waals surface area contributed by atoms with Crippen LogP contribution < -0.4 is 5.73 Å². The molecule has 0 bridgehead atoms. The van der Waals surface area contributed by atoms with Gasteiger partial charge in [-0.1, -0.05) is 35.9 Å². The smallest absolute Gasteiger partial charge is 0.368 e. The van der Waals surface area contributed by atoms with Crippen LogP contribution in [0.3, 0.4) is 0 Å². The first kappa shape index (κ1) is 22.2. The summed E-state index contributed by atoms with van der Waals surface area (Å²) in [6.45, 7) is 0.581. The molecule has 5 nitrogen and oxygen atoms in total. The minimum Gasteiger partial charge on any atom is -0.368 e. The van der Waals surface area contributed by atoms with Crippen molar-refractivity contribution in [3.05, 3.63) is 70.4 Å². The van der Waals surface area contributed by atoms with E-state index in [1.54, 1.807) is 39.9 Å². The van der Waals surface area contributed by atoms with E-state index in [1.165, 1.54) is 12.1 Å². The van der Waals surface area contributed by atoms with E-state index < -0.39 is 17.6 Å². The molecule has 3 aromatic rings. The van der Waals surface area contributed by atoms with E-state index in [-0.39, 0.29) is 23.9 Å². The van der Waals surface area contributed by atoms with Crippen LogP contribution in [0.25, 0.3) is 10.9 Å². The maximum absolute atomic E-state index is 13.4. The highest BCUT2D eigenvalue weighted by atomic mass is 35.5. The number of halogens is 4. The van der Waals surface area contributed by atoms with E-state index in [2.05, 4.69) is 0 Å². The summed E-state index contributed by atoms with van der Waals surface area (Å²) in [4.78, 5) is 26.3. The summed E-state index contributed by atoms with van der Waals surface area (Å²) < 4.78 is 41.8. The van der Waals surface area contributed by atoms with Crippen molar-refractivity contribution in [2.75, 3.05) is 13.1 Å². The van der Waals surface area contributed by atoms with Crippen molar-refractivity contribution < 1.29 is 22.8 Å². The van der Waals surface area contributed by atoms with Gasteiger partial charge in [0.05, 0.1) is 16.6 Å². The lowest BCUT2D eigenvalue weighted by atomic mass is 9.86. The number of rotatable bonds is 4. The van der Waals surface area contributed by atoms with E-state index in [0.717, 1.165) is 6.07 Å². The Hall–Kier alpha value is -3.00. The normalized spacial score (nSPS) is 15.3. The fourth-order valence-corrected chi connectivity index (χ4v) is 4.58. The summed E-state index contributed by atoms with van der Waals surface area (Å²) in [6, 6.07) is 10.7. The van der Waals surface area contributed by atoms with Crippen molar-refractivity contribution in [2.45, 2.75) is 31.5 Å². The number of carbonyl (C=O) groups excluding carboxylic acids is 2. The summed E-state index contributed by atoms with van der Waals surface area (Å²) in [5.41, 5.74) is 6.02. The monoisotopic (exact) mass is 463 g/mol. The zero-order valence-corrected chi connectivity index (χ0v) is 17.8. The van der Waals surface area contributed by atoms with Crippen LogP contribution in [0.5, 0.6) is 0 Å². The third kappa shape index (κ3) is 4.32. The van der Waals surface area contributed by atoms with Crippen molar-refractivity contribution in [1.29, 1.82) is 0 Å². The van der Waals surface area contributed by atoms with Gasteiger partial charge in [0.2, 0.25) is 5.91 Å². The van der Waals surface area contributed by atoms with E-state index >= 15 is 0 Å². The number of alkyl halides is 3. The van der Waals surface area contributed by atoms with E-state index in [9.17, 15) is 22.8 Å². The standard InChI is InChI=1S/C23H21ClF3N3O2/c24-15-5-6-17-18(12-30(13-21(28)31)20(17)11-15)22(32)29-9-7-14(8-10-29)16-3-1-2-4-19(16)23(25,26)27/h1-6,11-12,14H,7-10,13H2,(H2,28,31). The van der Waals surface area contributed by atoms with Gasteiger partial charge in [-0.15, -0.1) is 0 Å². The van der Waals surface area contributed by atoms with Crippen molar-refractivity contribution in [3.63, 3.8) is 0 Å². The summed E-state index contributed by atoms with van der Waals surface area (Å²) in [6.07, 6.45) is -1.96. The highest BCUT2D eigenvalue weighted by molar-refractivity contribution is 6.31. The zero-order valence-electron chi connectivity index (χ0n) is 17.0. The maximum Gasteiger partial charge on any atom is 0.416 e. The van der Waals surface area contributed by atoms with Crippen molar-refractivity contribution in [2.24, 2.45) is 5.73 Å². The van der Waals surface area contributed by atoms with Gasteiger partial charge in [-0.2, -0.15) is 13.2 Å². The predicted molar refractivity (Wildman–Crippen MR) is 115 cm³/mol. The first-order valence-corrected chi connectivity index (χ1v) is 10.5. The number of aromatic nitrogens is 1. The van der Waals surface area contributed by atoms with Crippen LogP contribution >= 0.6 is 11.6 Å². The molecule has 1 aromatic heterocycles. The second-order valence-corrected chi connectivity index (χ2v) is 8.39. The lowest BCUT2D eigenvalue weighted by Gasteiger charge is -2.33. The average molecular weight is 464 g/mol. The van der Waals surface area contributed by atoms with E-state index in [1.807, 2.05) is 0 Å². The summed E-state index contributed by atoms with van der Waals surface area (Å²) in [7, 11) is 0. The Labute approximate surface area is 187 Å². The highest BCUT2D eigenvalue weighted by Gasteiger charge is 2.36. The van der Waals surface area contributed by atoms with Gasteiger partial charge in [-0.3, -0.25) is 9.59 Å². The van der Waals surface area contributed by atoms with E-state index in [0.29, 0.717) is 47.4 Å². The Morgan fingerprint density at radius 2 is 1.78 bits per heavy atom. The van der Waals surface area contributed by atoms with Gasteiger partial charge in [-0.25, -0.2) is 0 Å². The number of nitrogens with two attached hydrogens (primary N) is 1. The zero-order chi connectivity index (χ0) is 23.0.